The lowest BCUT2D eigenvalue weighted by molar-refractivity contribution is -0.143. The molecule has 0 saturated carbocycles. The first-order valence-electron chi connectivity index (χ1n) is 3.46. The number of rotatable bonds is 0. The molecule has 0 bridgehead atoms. The van der Waals surface area contributed by atoms with Gasteiger partial charge in [-0.15, -0.1) is 0 Å². The minimum Gasteiger partial charge on any atom is -0.166 e. The van der Waals surface area contributed by atoms with Crippen molar-refractivity contribution in [3.63, 3.8) is 0 Å². The molecule has 0 saturated heterocycles. The molecule has 0 aromatic heterocycles. The lowest BCUT2D eigenvalue weighted by Crippen LogP contribution is -2.09. The molecular weight excluding hydrogens is 234 g/mol. The minimum absolute atomic E-state index is 0. The maximum atomic E-state index is 12.0. The lowest BCUT2D eigenvalue weighted by Gasteiger charge is -2.10. The minimum atomic E-state index is -4.75. The highest BCUT2D eigenvalue weighted by Gasteiger charge is 2.35. The molecule has 1 aromatic rings. The largest absolute Gasteiger partial charge is 0.416 e. The van der Waals surface area contributed by atoms with Crippen LogP contribution in [0.3, 0.4) is 0 Å². The lowest BCUT2D eigenvalue weighted by atomic mass is 10.1. The van der Waals surface area contributed by atoms with E-state index in [4.69, 9.17) is 0 Å². The molecule has 82 valence electrons. The number of halogens is 6. The van der Waals surface area contributed by atoms with Crippen LogP contribution in [0, 0.1) is 0 Å². The molecule has 0 fully saturated rings. The molecule has 0 aliphatic rings. The van der Waals surface area contributed by atoms with E-state index in [9.17, 15) is 26.3 Å². The van der Waals surface area contributed by atoms with E-state index in [1.54, 1.807) is 0 Å². The summed E-state index contributed by atoms with van der Waals surface area (Å²) in [5.41, 5.74) is -2.60. The van der Waals surface area contributed by atoms with Crippen molar-refractivity contribution in [2.45, 2.75) is 12.4 Å². The molecule has 0 amide bonds. The van der Waals surface area contributed by atoms with E-state index in [1.165, 1.54) is 0 Å². The normalized spacial score (nSPS) is 12.1. The summed E-state index contributed by atoms with van der Waals surface area (Å²) in [5, 5.41) is 0. The third kappa shape index (κ3) is 3.90. The molecule has 1 aromatic carbocycles. The molecule has 0 atom stereocenters. The molecule has 0 nitrogen and oxygen atoms in total. The van der Waals surface area contributed by atoms with Gasteiger partial charge in [0.15, 0.2) is 0 Å². The van der Waals surface area contributed by atoms with E-state index in [1.807, 2.05) is 0 Å². The maximum Gasteiger partial charge on any atom is 0.416 e. The van der Waals surface area contributed by atoms with Crippen LogP contribution < -0.4 is 0 Å². The Morgan fingerprint density at radius 3 is 1.33 bits per heavy atom. The van der Waals surface area contributed by atoms with Crippen LogP contribution in [-0.2, 0) is 12.4 Å². The van der Waals surface area contributed by atoms with Crippen molar-refractivity contribution < 1.29 is 26.3 Å². The first-order valence-corrected chi connectivity index (χ1v) is 3.46. The topological polar surface area (TPSA) is 0 Å². The van der Waals surface area contributed by atoms with Gasteiger partial charge in [0.05, 0.1) is 11.1 Å². The summed E-state index contributed by atoms with van der Waals surface area (Å²) >= 11 is 0. The van der Waals surface area contributed by atoms with Crippen molar-refractivity contribution >= 4 is 23.1 Å². The predicted molar refractivity (Wildman–Crippen MR) is 45.0 cm³/mol. The van der Waals surface area contributed by atoms with Gasteiger partial charge in [-0.1, -0.05) is 6.07 Å². The third-order valence-electron chi connectivity index (χ3n) is 1.52. The zero-order valence-corrected chi connectivity index (χ0v) is 6.58. The Morgan fingerprint density at radius 1 is 0.733 bits per heavy atom. The first-order chi connectivity index (χ1) is 6.21. The summed E-state index contributed by atoms with van der Waals surface area (Å²) in [6.07, 6.45) is -9.50. The van der Waals surface area contributed by atoms with Crippen LogP contribution in [0.1, 0.15) is 11.1 Å². The molecule has 0 aliphatic carbocycles. The Bertz CT molecular complexity index is 297. The fourth-order valence-electron chi connectivity index (χ4n) is 0.872. The molecule has 0 aliphatic heterocycles. The highest BCUT2D eigenvalue weighted by molar-refractivity contribution is 5.75. The third-order valence-corrected chi connectivity index (χ3v) is 1.52. The summed E-state index contributed by atoms with van der Waals surface area (Å²) in [6.45, 7) is 0. The average Bonchev–Trinajstić information content (AvgIpc) is 2.01. The Balaban J connectivity index is 0.00000196. The quantitative estimate of drug-likeness (QED) is 0.483. The smallest absolute Gasteiger partial charge is 0.166 e. The summed E-state index contributed by atoms with van der Waals surface area (Å²) in [7, 11) is 0. The van der Waals surface area contributed by atoms with Gasteiger partial charge in [-0.2, -0.15) is 26.3 Å². The molecule has 0 unspecified atom stereocenters. The monoisotopic (exact) mass is 240 g/mol. The van der Waals surface area contributed by atoms with Gasteiger partial charge in [-0.25, -0.2) is 0 Å². The van der Waals surface area contributed by atoms with Crippen LogP contribution in [0.2, 0.25) is 0 Å². The van der Waals surface area contributed by atoms with Gasteiger partial charge in [0.2, 0.25) is 0 Å². The Hall–Kier alpha value is -0.434. The van der Waals surface area contributed by atoms with E-state index < -0.39 is 23.5 Å². The van der Waals surface area contributed by atoms with Crippen LogP contribution >= 0.6 is 0 Å². The van der Waals surface area contributed by atoms with E-state index in [-0.39, 0.29) is 29.1 Å². The summed E-state index contributed by atoms with van der Waals surface area (Å²) in [6, 6.07) is 2.00. The molecule has 7 heteroatoms. The molecule has 0 radical (unpaired) electrons. The maximum absolute atomic E-state index is 12.0. The van der Waals surface area contributed by atoms with Crippen molar-refractivity contribution in [3.8, 4) is 0 Å². The molecule has 0 spiro atoms. The predicted octanol–water partition coefficient (Wildman–Crippen LogP) is 2.81. The Morgan fingerprint density at radius 2 is 1.07 bits per heavy atom. The van der Waals surface area contributed by atoms with Gasteiger partial charge < -0.3 is 0 Å². The van der Waals surface area contributed by atoms with Gasteiger partial charge in [0.25, 0.3) is 0 Å². The zero-order valence-electron chi connectivity index (χ0n) is 6.58. The van der Waals surface area contributed by atoms with E-state index in [0.717, 1.165) is 6.07 Å². The highest BCUT2D eigenvalue weighted by atomic mass is 24.3. The molecule has 0 heterocycles. The fraction of sp³-hybridized carbons (Fsp3) is 0.250. The molecule has 0 N–H and O–H groups in total. The summed E-state index contributed by atoms with van der Waals surface area (Å²) < 4.78 is 71.9. The fourth-order valence-corrected chi connectivity index (χ4v) is 0.872. The van der Waals surface area contributed by atoms with Crippen molar-refractivity contribution in [3.05, 3.63) is 35.4 Å². The van der Waals surface area contributed by atoms with Crippen molar-refractivity contribution in [2.75, 3.05) is 0 Å². The van der Waals surface area contributed by atoms with Crippen LogP contribution in [0.25, 0.3) is 0 Å². The van der Waals surface area contributed by atoms with E-state index >= 15 is 0 Å². The second-order valence-electron chi connectivity index (χ2n) is 2.58. The SMILES string of the molecule is FC(F)(F)c1cccc(C(F)(F)F)c1.[MgH2]. The van der Waals surface area contributed by atoms with Gasteiger partial charge in [0, 0.05) is 0 Å². The second kappa shape index (κ2) is 4.61. The molecule has 1 rings (SSSR count). The second-order valence-corrected chi connectivity index (χ2v) is 2.58. The summed E-state index contributed by atoms with van der Waals surface area (Å²) in [5.74, 6) is 0. The van der Waals surface area contributed by atoms with Crippen molar-refractivity contribution in [1.29, 1.82) is 0 Å². The number of hydrogen-bond donors (Lipinski definition) is 0. The van der Waals surface area contributed by atoms with Gasteiger partial charge in [-0.3, -0.25) is 0 Å². The molecule has 15 heavy (non-hydrogen) atoms. The first kappa shape index (κ1) is 14.6. The van der Waals surface area contributed by atoms with Gasteiger partial charge in [-0.05, 0) is 18.2 Å². The number of benzene rings is 1. The van der Waals surface area contributed by atoms with E-state index in [0.29, 0.717) is 12.1 Å². The Kier molecular flexibility index (Phi) is 4.47. The number of alkyl halides is 6. The van der Waals surface area contributed by atoms with Crippen molar-refractivity contribution in [1.82, 2.24) is 0 Å². The van der Waals surface area contributed by atoms with Crippen LogP contribution in [0.15, 0.2) is 24.3 Å². The standard InChI is InChI=1S/C8H4F6.Mg.2H/c9-7(10,11)5-2-1-3-6(4-5)8(12,13)14;;;/h1-4H;;;. The zero-order chi connectivity index (χ0) is 11.0. The van der Waals surface area contributed by atoms with Crippen molar-refractivity contribution in [2.24, 2.45) is 0 Å². The molecular formula is C8H6F6Mg. The summed E-state index contributed by atoms with van der Waals surface area (Å²) in [4.78, 5) is 0. The Labute approximate surface area is 97.4 Å². The van der Waals surface area contributed by atoms with Crippen LogP contribution in [-0.4, -0.2) is 23.1 Å². The highest BCUT2D eigenvalue weighted by Crippen LogP contribution is 2.34. The number of hydrogen-bond acceptors (Lipinski definition) is 0. The van der Waals surface area contributed by atoms with Crippen LogP contribution in [0.4, 0.5) is 26.3 Å². The van der Waals surface area contributed by atoms with Gasteiger partial charge in [0.1, 0.15) is 0 Å². The van der Waals surface area contributed by atoms with Crippen LogP contribution in [0.5, 0.6) is 0 Å². The van der Waals surface area contributed by atoms with E-state index in [2.05, 4.69) is 0 Å². The average molecular weight is 240 g/mol. The van der Waals surface area contributed by atoms with Gasteiger partial charge >= 0.3 is 35.4 Å².